The van der Waals surface area contributed by atoms with E-state index in [0.29, 0.717) is 47.3 Å². The maximum atomic E-state index is 13.6. The zero-order valence-electron chi connectivity index (χ0n) is 24.9. The number of aromatic nitrogens is 2. The Morgan fingerprint density at radius 3 is 2.58 bits per heavy atom. The van der Waals surface area contributed by atoms with Gasteiger partial charge >= 0.3 is 12.1 Å². The zero-order chi connectivity index (χ0) is 29.9. The molecule has 0 bridgehead atoms. The second kappa shape index (κ2) is 10.7. The smallest absolute Gasteiger partial charge is 0.415 e. The van der Waals surface area contributed by atoms with Crippen molar-refractivity contribution in [2.45, 2.75) is 83.6 Å². The molecule has 0 saturated carbocycles. The molecule has 0 spiro atoms. The Bertz CT molecular complexity index is 1690. The predicted octanol–water partition coefficient (Wildman–Crippen LogP) is 4.09. The van der Waals surface area contributed by atoms with Gasteiger partial charge in [0.2, 0.25) is 0 Å². The summed E-state index contributed by atoms with van der Waals surface area (Å²) < 4.78 is 12.8. The quantitative estimate of drug-likeness (QED) is 0.356. The van der Waals surface area contributed by atoms with Gasteiger partial charge in [0.15, 0.2) is 5.60 Å². The number of pyridine rings is 2. The molecule has 4 aliphatic heterocycles. The summed E-state index contributed by atoms with van der Waals surface area (Å²) in [6.45, 7) is 7.52. The average molecular weight is 587 g/mol. The summed E-state index contributed by atoms with van der Waals surface area (Å²) in [7, 11) is 0. The van der Waals surface area contributed by atoms with E-state index < -0.39 is 11.6 Å². The number of hydrogen-bond acceptors (Lipinski definition) is 8. The molecule has 226 valence electrons. The second-order valence-electron chi connectivity index (χ2n) is 12.3. The van der Waals surface area contributed by atoms with E-state index in [2.05, 4.69) is 4.90 Å². The topological polar surface area (TPSA) is 114 Å². The van der Waals surface area contributed by atoms with E-state index in [1.807, 2.05) is 25.1 Å². The SMILES string of the molecule is CCc1ccc(OC(=O)N2CCC(N3CCCCC3)CC2)c2cc3c(nc12)-c1cc2c(c(=O)n1C3)COC(=O)C2(O)CC. The first-order valence-corrected chi connectivity index (χ1v) is 15.7. The molecule has 1 atom stereocenters. The lowest BCUT2D eigenvalue weighted by Crippen LogP contribution is -2.48. The Morgan fingerprint density at radius 1 is 1.09 bits per heavy atom. The molecule has 3 aromatic rings. The number of ether oxygens (including phenoxy) is 2. The van der Waals surface area contributed by atoms with Crippen LogP contribution in [0.5, 0.6) is 5.75 Å². The van der Waals surface area contributed by atoms with E-state index >= 15 is 0 Å². The zero-order valence-corrected chi connectivity index (χ0v) is 24.9. The molecule has 43 heavy (non-hydrogen) atoms. The third-order valence-electron chi connectivity index (χ3n) is 9.93. The fourth-order valence-electron chi connectivity index (χ4n) is 7.33. The van der Waals surface area contributed by atoms with Crippen LogP contribution in [0, 0.1) is 0 Å². The van der Waals surface area contributed by atoms with Gasteiger partial charge < -0.3 is 28.9 Å². The molecule has 10 nitrogen and oxygen atoms in total. The molecule has 1 unspecified atom stereocenters. The van der Waals surface area contributed by atoms with E-state index in [9.17, 15) is 19.5 Å². The van der Waals surface area contributed by atoms with Crippen molar-refractivity contribution in [1.29, 1.82) is 0 Å². The van der Waals surface area contributed by atoms with Crippen LogP contribution < -0.4 is 10.3 Å². The normalized spacial score (nSPS) is 22.2. The van der Waals surface area contributed by atoms with Gasteiger partial charge in [0.05, 0.1) is 29.0 Å². The first-order chi connectivity index (χ1) is 20.8. The average Bonchev–Trinajstić information content (AvgIpc) is 3.40. The van der Waals surface area contributed by atoms with Gasteiger partial charge in [-0.2, -0.15) is 0 Å². The van der Waals surface area contributed by atoms with Gasteiger partial charge in [-0.15, -0.1) is 0 Å². The first kappa shape index (κ1) is 28.0. The molecule has 0 radical (unpaired) electrons. The monoisotopic (exact) mass is 586 g/mol. The predicted molar refractivity (Wildman–Crippen MR) is 160 cm³/mol. The number of carbonyl (C=O) groups excluding carboxylic acids is 2. The van der Waals surface area contributed by atoms with Gasteiger partial charge in [0.1, 0.15) is 12.4 Å². The van der Waals surface area contributed by atoms with Crippen LogP contribution in [-0.2, 0) is 34.7 Å². The lowest BCUT2D eigenvalue weighted by molar-refractivity contribution is -0.172. The van der Waals surface area contributed by atoms with Crippen molar-refractivity contribution in [2.24, 2.45) is 0 Å². The number of hydrogen-bond donors (Lipinski definition) is 1. The Morgan fingerprint density at radius 2 is 1.86 bits per heavy atom. The molecular weight excluding hydrogens is 548 g/mol. The largest absolute Gasteiger partial charge is 0.458 e. The Kier molecular flexibility index (Phi) is 7.01. The van der Waals surface area contributed by atoms with Crippen LogP contribution in [0.4, 0.5) is 4.79 Å². The summed E-state index contributed by atoms with van der Waals surface area (Å²) in [6.07, 6.45) is 6.21. The molecule has 7 rings (SSSR count). The summed E-state index contributed by atoms with van der Waals surface area (Å²) in [5.41, 5.74) is 2.10. The molecule has 2 aromatic heterocycles. The highest BCUT2D eigenvalue weighted by molar-refractivity contribution is 5.93. The molecule has 10 heteroatoms. The number of aliphatic hydroxyl groups is 1. The molecule has 6 heterocycles. The number of cyclic esters (lactones) is 1. The Balaban J connectivity index is 1.20. The second-order valence-corrected chi connectivity index (χ2v) is 12.3. The molecule has 2 saturated heterocycles. The molecule has 2 fully saturated rings. The molecule has 1 aromatic carbocycles. The van der Waals surface area contributed by atoms with E-state index in [1.54, 1.807) is 22.5 Å². The first-order valence-electron chi connectivity index (χ1n) is 15.7. The van der Waals surface area contributed by atoms with Crippen LogP contribution in [0.1, 0.15) is 74.6 Å². The van der Waals surface area contributed by atoms with Crippen LogP contribution in [0.3, 0.4) is 0 Å². The van der Waals surface area contributed by atoms with Gasteiger partial charge in [0, 0.05) is 35.6 Å². The summed E-state index contributed by atoms with van der Waals surface area (Å²) in [6, 6.07) is 7.99. The van der Waals surface area contributed by atoms with Crippen LogP contribution >= 0.6 is 0 Å². The maximum absolute atomic E-state index is 13.6. The molecule has 1 N–H and O–H groups in total. The minimum atomic E-state index is -1.87. The highest BCUT2D eigenvalue weighted by Gasteiger charge is 2.45. The lowest BCUT2D eigenvalue weighted by atomic mass is 9.86. The van der Waals surface area contributed by atoms with Crippen LogP contribution in [-0.4, -0.2) is 68.7 Å². The molecular formula is C33H38N4O6. The van der Waals surface area contributed by atoms with E-state index in [4.69, 9.17) is 14.5 Å². The number of carbonyl (C=O) groups is 2. The fraction of sp³-hybridized carbons (Fsp3) is 0.515. The van der Waals surface area contributed by atoms with Crippen LogP contribution in [0.2, 0.25) is 0 Å². The highest BCUT2D eigenvalue weighted by Crippen LogP contribution is 2.40. The summed E-state index contributed by atoms with van der Waals surface area (Å²) in [4.78, 5) is 48.8. The number of fused-ring (bicyclic) bond motifs is 5. The van der Waals surface area contributed by atoms with Crippen LogP contribution in [0.25, 0.3) is 22.3 Å². The highest BCUT2D eigenvalue weighted by atomic mass is 16.6. The number of likely N-dealkylation sites (tertiary alicyclic amines) is 2. The summed E-state index contributed by atoms with van der Waals surface area (Å²) in [5.74, 6) is -0.292. The molecule has 1 amide bonds. The van der Waals surface area contributed by atoms with Crippen molar-refractivity contribution < 1.29 is 24.2 Å². The number of piperidine rings is 2. The summed E-state index contributed by atoms with van der Waals surface area (Å²) >= 11 is 0. The molecule has 0 aliphatic carbocycles. The number of rotatable bonds is 4. The number of benzene rings is 1. The van der Waals surface area contributed by atoms with Crippen molar-refractivity contribution in [2.75, 3.05) is 26.2 Å². The minimum Gasteiger partial charge on any atom is -0.458 e. The lowest BCUT2D eigenvalue weighted by Gasteiger charge is -2.39. The van der Waals surface area contributed by atoms with Gasteiger partial charge in [-0.05, 0) is 75.4 Å². The van der Waals surface area contributed by atoms with Crippen molar-refractivity contribution in [1.82, 2.24) is 19.4 Å². The fourth-order valence-corrected chi connectivity index (χ4v) is 7.33. The Labute approximate surface area is 250 Å². The van der Waals surface area contributed by atoms with Gasteiger partial charge in [0.25, 0.3) is 5.56 Å². The molecule has 4 aliphatic rings. The summed E-state index contributed by atoms with van der Waals surface area (Å²) in [5, 5.41) is 11.9. The number of nitrogens with zero attached hydrogens (tertiary/aromatic N) is 4. The minimum absolute atomic E-state index is 0.0877. The number of amides is 1. The third kappa shape index (κ3) is 4.53. The van der Waals surface area contributed by atoms with Gasteiger partial charge in [-0.3, -0.25) is 4.79 Å². The van der Waals surface area contributed by atoms with Gasteiger partial charge in [-0.25, -0.2) is 14.6 Å². The number of esters is 1. The Hall–Kier alpha value is -3.76. The standard InChI is InChI=1S/C33H38N4O6/c1-3-20-8-9-27(43-32(40)36-14-10-22(11-15-36)35-12-6-5-7-13-35)23-16-21-18-37-26(29(21)34-28(20)23)17-25-24(30(37)38)19-42-31(39)33(25,41)4-2/h8-9,16-17,22,41H,3-7,10-15,18-19H2,1-2H3. The van der Waals surface area contributed by atoms with Crippen LogP contribution in [0.15, 0.2) is 29.1 Å². The van der Waals surface area contributed by atoms with Crippen molar-refractivity contribution in [3.8, 4) is 17.1 Å². The van der Waals surface area contributed by atoms with Crippen molar-refractivity contribution in [3.05, 3.63) is 56.9 Å². The van der Waals surface area contributed by atoms with E-state index in [0.717, 1.165) is 48.9 Å². The van der Waals surface area contributed by atoms with E-state index in [1.165, 1.54) is 19.3 Å². The van der Waals surface area contributed by atoms with Gasteiger partial charge in [-0.1, -0.05) is 26.3 Å². The third-order valence-corrected chi connectivity index (χ3v) is 9.93. The van der Waals surface area contributed by atoms with E-state index in [-0.39, 0.29) is 36.8 Å². The number of aryl methyl sites for hydroxylation is 1. The van der Waals surface area contributed by atoms with Crippen molar-refractivity contribution in [3.63, 3.8) is 0 Å². The van der Waals surface area contributed by atoms with Crippen molar-refractivity contribution >= 4 is 23.0 Å². The maximum Gasteiger partial charge on any atom is 0.415 e.